The predicted octanol–water partition coefficient (Wildman–Crippen LogP) is 4.76. The number of nitrogens with zero attached hydrogens (tertiary/aromatic N) is 1. The van der Waals surface area contributed by atoms with E-state index in [1.807, 2.05) is 24.3 Å². The van der Waals surface area contributed by atoms with Crippen LogP contribution >= 0.6 is 15.9 Å². The van der Waals surface area contributed by atoms with Crippen molar-refractivity contribution in [3.8, 4) is 0 Å². The van der Waals surface area contributed by atoms with Crippen LogP contribution in [-0.2, 0) is 4.79 Å². The molecule has 0 aliphatic carbocycles. The van der Waals surface area contributed by atoms with Crippen molar-refractivity contribution < 1.29 is 14.0 Å². The fraction of sp³-hybridized carbons (Fsp3) is 0.273. The molecule has 0 spiro atoms. The monoisotopic (exact) mass is 444 g/mol. The van der Waals surface area contributed by atoms with Crippen LogP contribution in [0.1, 0.15) is 41.6 Å². The van der Waals surface area contributed by atoms with Gasteiger partial charge in [0.05, 0.1) is 5.56 Å². The van der Waals surface area contributed by atoms with Crippen LogP contribution in [0.25, 0.3) is 6.08 Å². The van der Waals surface area contributed by atoms with Crippen LogP contribution in [0.4, 0.5) is 4.39 Å². The van der Waals surface area contributed by atoms with Gasteiger partial charge in [-0.05, 0) is 48.7 Å². The molecule has 2 aromatic carbocycles. The average Bonchev–Trinajstić information content (AvgIpc) is 2.98. The zero-order valence-electron chi connectivity index (χ0n) is 15.5. The molecule has 1 fully saturated rings. The summed E-state index contributed by atoms with van der Waals surface area (Å²) in [7, 11) is 0. The van der Waals surface area contributed by atoms with Crippen LogP contribution in [-0.4, -0.2) is 29.8 Å². The van der Waals surface area contributed by atoms with E-state index < -0.39 is 11.7 Å². The molecule has 0 aromatic heterocycles. The second kappa shape index (κ2) is 9.64. The van der Waals surface area contributed by atoms with Crippen molar-refractivity contribution in [3.63, 3.8) is 0 Å². The molecule has 28 heavy (non-hydrogen) atoms. The molecule has 146 valence electrons. The SMILES string of the molecule is O=C(N/C(=C/c1ccc(Br)cc1)C(=O)N1CCCCCC1)c1ccccc1F. The molecule has 4 nitrogen and oxygen atoms in total. The molecule has 1 aliphatic rings. The van der Waals surface area contributed by atoms with Crippen LogP contribution in [0, 0.1) is 5.82 Å². The number of hydrogen-bond acceptors (Lipinski definition) is 2. The Balaban J connectivity index is 1.89. The lowest BCUT2D eigenvalue weighted by atomic mass is 10.1. The molecular formula is C22H22BrFN2O2. The van der Waals surface area contributed by atoms with Crippen LogP contribution < -0.4 is 5.32 Å². The summed E-state index contributed by atoms with van der Waals surface area (Å²) in [4.78, 5) is 27.5. The zero-order valence-corrected chi connectivity index (χ0v) is 17.0. The minimum Gasteiger partial charge on any atom is -0.337 e. The van der Waals surface area contributed by atoms with Gasteiger partial charge < -0.3 is 10.2 Å². The quantitative estimate of drug-likeness (QED) is 0.690. The van der Waals surface area contributed by atoms with Gasteiger partial charge in [0, 0.05) is 17.6 Å². The number of halogens is 2. The molecule has 3 rings (SSSR count). The Kier molecular flexibility index (Phi) is 6.98. The number of carbonyl (C=O) groups is 2. The van der Waals surface area contributed by atoms with Gasteiger partial charge >= 0.3 is 0 Å². The molecule has 2 amide bonds. The lowest BCUT2D eigenvalue weighted by molar-refractivity contribution is -0.127. The standard InChI is InChI=1S/C22H22BrFN2O2/c23-17-11-9-16(10-12-17)15-20(22(28)26-13-5-1-2-6-14-26)25-21(27)18-7-3-4-8-19(18)24/h3-4,7-12,15H,1-2,5-6,13-14H2,(H,25,27)/b20-15+. The molecular weight excluding hydrogens is 423 g/mol. The van der Waals surface area contributed by atoms with Crippen LogP contribution in [0.5, 0.6) is 0 Å². The fourth-order valence-electron chi connectivity index (χ4n) is 3.16. The number of amides is 2. The van der Waals surface area contributed by atoms with Crippen molar-refractivity contribution >= 4 is 33.8 Å². The molecule has 1 saturated heterocycles. The van der Waals surface area contributed by atoms with E-state index in [4.69, 9.17) is 0 Å². The van der Waals surface area contributed by atoms with Crippen molar-refractivity contribution in [1.82, 2.24) is 10.2 Å². The number of likely N-dealkylation sites (tertiary alicyclic amines) is 1. The Labute approximate surface area is 172 Å². The summed E-state index contributed by atoms with van der Waals surface area (Å²) in [6.07, 6.45) is 5.71. The summed E-state index contributed by atoms with van der Waals surface area (Å²) in [6.45, 7) is 1.32. The Morgan fingerprint density at radius 2 is 1.61 bits per heavy atom. The number of nitrogens with one attached hydrogen (secondary N) is 1. The summed E-state index contributed by atoms with van der Waals surface area (Å²) < 4.78 is 14.9. The van der Waals surface area contributed by atoms with Crippen molar-refractivity contribution in [2.45, 2.75) is 25.7 Å². The first-order valence-electron chi connectivity index (χ1n) is 9.37. The highest BCUT2D eigenvalue weighted by molar-refractivity contribution is 9.10. The van der Waals surface area contributed by atoms with E-state index in [1.165, 1.54) is 18.2 Å². The molecule has 0 saturated carbocycles. The summed E-state index contributed by atoms with van der Waals surface area (Å²) in [5.74, 6) is -1.50. The highest BCUT2D eigenvalue weighted by Gasteiger charge is 2.22. The third-order valence-electron chi connectivity index (χ3n) is 4.67. The molecule has 2 aromatic rings. The highest BCUT2D eigenvalue weighted by atomic mass is 79.9. The topological polar surface area (TPSA) is 49.4 Å². The van der Waals surface area contributed by atoms with Crippen LogP contribution in [0.2, 0.25) is 0 Å². The number of hydrogen-bond donors (Lipinski definition) is 1. The van der Waals surface area contributed by atoms with Gasteiger partial charge in [0.2, 0.25) is 0 Å². The maximum absolute atomic E-state index is 14.0. The van der Waals surface area contributed by atoms with Crippen molar-refractivity contribution in [2.24, 2.45) is 0 Å². The molecule has 0 bridgehead atoms. The van der Waals surface area contributed by atoms with E-state index in [9.17, 15) is 14.0 Å². The van der Waals surface area contributed by atoms with Crippen molar-refractivity contribution in [2.75, 3.05) is 13.1 Å². The Hall–Kier alpha value is -2.47. The molecule has 6 heteroatoms. The Morgan fingerprint density at radius 3 is 2.25 bits per heavy atom. The van der Waals surface area contributed by atoms with Gasteiger partial charge in [0.15, 0.2) is 0 Å². The first-order valence-corrected chi connectivity index (χ1v) is 10.2. The third kappa shape index (κ3) is 5.29. The van der Waals surface area contributed by atoms with Crippen molar-refractivity contribution in [1.29, 1.82) is 0 Å². The highest BCUT2D eigenvalue weighted by Crippen LogP contribution is 2.17. The van der Waals surface area contributed by atoms with Crippen molar-refractivity contribution in [3.05, 3.63) is 75.6 Å². The second-order valence-corrected chi connectivity index (χ2v) is 7.67. The lowest BCUT2D eigenvalue weighted by Gasteiger charge is -2.22. The summed E-state index contributed by atoms with van der Waals surface area (Å²) >= 11 is 3.38. The van der Waals surface area contributed by atoms with Gasteiger partial charge in [-0.15, -0.1) is 0 Å². The molecule has 1 N–H and O–H groups in total. The second-order valence-electron chi connectivity index (χ2n) is 6.75. The normalized spacial score (nSPS) is 15.1. The van der Waals surface area contributed by atoms with Gasteiger partial charge in [-0.3, -0.25) is 9.59 Å². The minimum absolute atomic E-state index is 0.0899. The smallest absolute Gasteiger partial charge is 0.270 e. The van der Waals surface area contributed by atoms with Gasteiger partial charge in [0.25, 0.3) is 11.8 Å². The van der Waals surface area contributed by atoms with E-state index in [-0.39, 0.29) is 17.2 Å². The summed E-state index contributed by atoms with van der Waals surface area (Å²) in [5, 5.41) is 2.63. The van der Waals surface area contributed by atoms with Gasteiger partial charge in [-0.2, -0.15) is 0 Å². The first kappa shape index (κ1) is 20.3. The average molecular weight is 445 g/mol. The maximum Gasteiger partial charge on any atom is 0.270 e. The lowest BCUT2D eigenvalue weighted by Crippen LogP contribution is -2.39. The number of rotatable bonds is 4. The van der Waals surface area contributed by atoms with E-state index >= 15 is 0 Å². The fourth-order valence-corrected chi connectivity index (χ4v) is 3.42. The molecule has 0 unspecified atom stereocenters. The largest absolute Gasteiger partial charge is 0.337 e. The van der Waals surface area contributed by atoms with Crippen LogP contribution in [0.15, 0.2) is 58.7 Å². The van der Waals surface area contributed by atoms with Gasteiger partial charge in [-0.25, -0.2) is 4.39 Å². The summed E-state index contributed by atoms with van der Waals surface area (Å²) in [6, 6.07) is 13.1. The van der Waals surface area contributed by atoms with Crippen LogP contribution in [0.3, 0.4) is 0 Å². The number of benzene rings is 2. The van der Waals surface area contributed by atoms with Gasteiger partial charge in [0.1, 0.15) is 11.5 Å². The minimum atomic E-state index is -0.635. The molecule has 1 aliphatic heterocycles. The Bertz CT molecular complexity index is 872. The van der Waals surface area contributed by atoms with E-state index in [2.05, 4.69) is 21.2 Å². The molecule has 0 atom stereocenters. The zero-order chi connectivity index (χ0) is 19.9. The van der Waals surface area contributed by atoms with E-state index in [0.29, 0.717) is 13.1 Å². The Morgan fingerprint density at radius 1 is 0.964 bits per heavy atom. The summed E-state index contributed by atoms with van der Waals surface area (Å²) in [5.41, 5.74) is 0.834. The maximum atomic E-state index is 14.0. The first-order chi connectivity index (χ1) is 13.5. The third-order valence-corrected chi connectivity index (χ3v) is 5.20. The van der Waals surface area contributed by atoms with E-state index in [1.54, 1.807) is 17.0 Å². The number of carbonyl (C=O) groups excluding carboxylic acids is 2. The van der Waals surface area contributed by atoms with Gasteiger partial charge in [-0.1, -0.05) is 53.0 Å². The molecule has 0 radical (unpaired) electrons. The van der Waals surface area contributed by atoms with E-state index in [0.717, 1.165) is 35.7 Å². The molecule has 1 heterocycles. The predicted molar refractivity (Wildman–Crippen MR) is 111 cm³/mol.